The molecule has 0 aliphatic carbocycles. The Morgan fingerprint density at radius 3 is 2.30 bits per heavy atom. The fourth-order valence-corrected chi connectivity index (χ4v) is 2.02. The Morgan fingerprint density at radius 2 is 1.65 bits per heavy atom. The van der Waals surface area contributed by atoms with Crippen LogP contribution in [0, 0.1) is 0 Å². The van der Waals surface area contributed by atoms with Crippen LogP contribution < -0.4 is 10.6 Å². The lowest BCUT2D eigenvalue weighted by Crippen LogP contribution is -2.29. The second-order valence-electron chi connectivity index (χ2n) is 5.67. The first-order valence-electron chi connectivity index (χ1n) is 7.88. The van der Waals surface area contributed by atoms with Crippen molar-refractivity contribution >= 4 is 11.6 Å². The van der Waals surface area contributed by atoms with Crippen molar-refractivity contribution in [2.75, 3.05) is 11.9 Å². The molecule has 0 aliphatic rings. The van der Waals surface area contributed by atoms with Gasteiger partial charge in [0.2, 0.25) is 5.91 Å². The van der Waals surface area contributed by atoms with Gasteiger partial charge in [-0.3, -0.25) is 4.79 Å². The highest BCUT2D eigenvalue weighted by atomic mass is 16.5. The van der Waals surface area contributed by atoms with Gasteiger partial charge in [-0.1, -0.05) is 42.5 Å². The highest BCUT2D eigenvalue weighted by Crippen LogP contribution is 2.07. The van der Waals surface area contributed by atoms with Gasteiger partial charge in [-0.05, 0) is 37.1 Å². The molecule has 2 aromatic rings. The highest BCUT2D eigenvalue weighted by Gasteiger charge is 2.02. The zero-order valence-electron chi connectivity index (χ0n) is 13.7. The van der Waals surface area contributed by atoms with Crippen molar-refractivity contribution in [2.24, 2.45) is 0 Å². The Labute approximate surface area is 137 Å². The maximum absolute atomic E-state index is 11.8. The van der Waals surface area contributed by atoms with Crippen LogP contribution in [0.5, 0.6) is 0 Å². The van der Waals surface area contributed by atoms with Crippen LogP contribution in [0.2, 0.25) is 0 Å². The summed E-state index contributed by atoms with van der Waals surface area (Å²) >= 11 is 0. The van der Waals surface area contributed by atoms with Crippen molar-refractivity contribution < 1.29 is 9.53 Å². The molecule has 0 unspecified atom stereocenters. The van der Waals surface area contributed by atoms with Gasteiger partial charge < -0.3 is 15.4 Å². The van der Waals surface area contributed by atoms with Crippen LogP contribution in [0.1, 0.15) is 25.0 Å². The fraction of sp³-hybridized carbons (Fsp3) is 0.316. The minimum Gasteiger partial charge on any atom is -0.376 e. The maximum Gasteiger partial charge on any atom is 0.239 e. The maximum atomic E-state index is 11.8. The zero-order chi connectivity index (χ0) is 16.5. The standard InChI is InChI=1S/C19H24N2O2/c1-15(2)23-14-17-10-8-16(9-11-17)12-21-19(22)13-20-18-6-4-3-5-7-18/h3-11,15,20H,12-14H2,1-2H3,(H,21,22). The average molecular weight is 312 g/mol. The summed E-state index contributed by atoms with van der Waals surface area (Å²) in [6, 6.07) is 17.8. The van der Waals surface area contributed by atoms with E-state index >= 15 is 0 Å². The van der Waals surface area contributed by atoms with Gasteiger partial charge in [0.05, 0.1) is 19.3 Å². The van der Waals surface area contributed by atoms with Crippen molar-refractivity contribution in [3.63, 3.8) is 0 Å². The van der Waals surface area contributed by atoms with Gasteiger partial charge in [0.1, 0.15) is 0 Å². The zero-order valence-corrected chi connectivity index (χ0v) is 13.7. The second kappa shape index (κ2) is 8.96. The van der Waals surface area contributed by atoms with Gasteiger partial charge in [0.25, 0.3) is 0 Å². The van der Waals surface area contributed by atoms with Crippen molar-refractivity contribution in [1.29, 1.82) is 0 Å². The van der Waals surface area contributed by atoms with E-state index in [4.69, 9.17) is 4.74 Å². The van der Waals surface area contributed by atoms with Crippen LogP contribution in [0.3, 0.4) is 0 Å². The quantitative estimate of drug-likeness (QED) is 0.786. The summed E-state index contributed by atoms with van der Waals surface area (Å²) in [7, 11) is 0. The van der Waals surface area contributed by atoms with E-state index in [1.807, 2.05) is 68.4 Å². The van der Waals surface area contributed by atoms with Gasteiger partial charge in [-0.25, -0.2) is 0 Å². The van der Waals surface area contributed by atoms with Crippen molar-refractivity contribution in [3.05, 3.63) is 65.7 Å². The van der Waals surface area contributed by atoms with E-state index in [0.717, 1.165) is 16.8 Å². The Kier molecular flexibility index (Phi) is 6.63. The topological polar surface area (TPSA) is 50.4 Å². The molecule has 4 nitrogen and oxygen atoms in total. The lowest BCUT2D eigenvalue weighted by molar-refractivity contribution is -0.119. The molecule has 4 heteroatoms. The molecule has 0 heterocycles. The summed E-state index contributed by atoms with van der Waals surface area (Å²) in [5.74, 6) is -0.0268. The Morgan fingerprint density at radius 1 is 1.00 bits per heavy atom. The van der Waals surface area contributed by atoms with E-state index in [2.05, 4.69) is 10.6 Å². The van der Waals surface area contributed by atoms with Crippen LogP contribution in [0.4, 0.5) is 5.69 Å². The summed E-state index contributed by atoms with van der Waals surface area (Å²) in [6.45, 7) is 5.46. The van der Waals surface area contributed by atoms with Crippen LogP contribution in [-0.4, -0.2) is 18.6 Å². The largest absolute Gasteiger partial charge is 0.376 e. The highest BCUT2D eigenvalue weighted by molar-refractivity contribution is 5.80. The number of amides is 1. The Bertz CT molecular complexity index is 595. The summed E-state index contributed by atoms with van der Waals surface area (Å²) in [4.78, 5) is 11.8. The van der Waals surface area contributed by atoms with E-state index in [1.54, 1.807) is 0 Å². The normalized spacial score (nSPS) is 10.6. The minimum atomic E-state index is -0.0268. The summed E-state index contributed by atoms with van der Waals surface area (Å²) in [5.41, 5.74) is 3.16. The van der Waals surface area contributed by atoms with Crippen LogP contribution in [-0.2, 0) is 22.7 Å². The van der Waals surface area contributed by atoms with Gasteiger partial charge in [0, 0.05) is 12.2 Å². The van der Waals surface area contributed by atoms with E-state index in [9.17, 15) is 4.79 Å². The summed E-state index contributed by atoms with van der Waals surface area (Å²) in [6.07, 6.45) is 0.228. The molecule has 1 amide bonds. The number of ether oxygens (including phenoxy) is 1. The molecule has 0 bridgehead atoms. The Hall–Kier alpha value is -2.33. The third kappa shape index (κ3) is 6.53. The lowest BCUT2D eigenvalue weighted by atomic mass is 10.1. The number of carbonyl (C=O) groups excluding carboxylic acids is 1. The molecule has 0 aromatic heterocycles. The number of rotatable bonds is 8. The number of hydrogen-bond donors (Lipinski definition) is 2. The number of carbonyl (C=O) groups is 1. The molecule has 0 saturated heterocycles. The predicted octanol–water partition coefficient (Wildman–Crippen LogP) is 3.34. The van der Waals surface area contributed by atoms with Gasteiger partial charge in [-0.2, -0.15) is 0 Å². The van der Waals surface area contributed by atoms with E-state index in [1.165, 1.54) is 0 Å². The molecule has 2 rings (SSSR count). The van der Waals surface area contributed by atoms with Crippen LogP contribution in [0.15, 0.2) is 54.6 Å². The molecule has 0 radical (unpaired) electrons. The second-order valence-corrected chi connectivity index (χ2v) is 5.67. The molecule has 0 spiro atoms. The number of anilines is 1. The molecule has 0 aliphatic heterocycles. The van der Waals surface area contributed by atoms with E-state index in [0.29, 0.717) is 13.2 Å². The first-order valence-corrected chi connectivity index (χ1v) is 7.88. The van der Waals surface area contributed by atoms with Gasteiger partial charge in [0.15, 0.2) is 0 Å². The molecular formula is C19H24N2O2. The molecule has 2 N–H and O–H groups in total. The van der Waals surface area contributed by atoms with Gasteiger partial charge in [-0.15, -0.1) is 0 Å². The first kappa shape index (κ1) is 17.0. The third-order valence-electron chi connectivity index (χ3n) is 3.32. The molecule has 2 aromatic carbocycles. The monoisotopic (exact) mass is 312 g/mol. The number of para-hydroxylation sites is 1. The van der Waals surface area contributed by atoms with Crippen molar-refractivity contribution in [1.82, 2.24) is 5.32 Å². The van der Waals surface area contributed by atoms with E-state index < -0.39 is 0 Å². The molecule has 0 fully saturated rings. The fourth-order valence-electron chi connectivity index (χ4n) is 2.02. The average Bonchev–Trinajstić information content (AvgIpc) is 2.58. The number of hydrogen-bond acceptors (Lipinski definition) is 3. The number of nitrogens with one attached hydrogen (secondary N) is 2. The third-order valence-corrected chi connectivity index (χ3v) is 3.32. The smallest absolute Gasteiger partial charge is 0.239 e. The summed E-state index contributed by atoms with van der Waals surface area (Å²) in [5, 5.41) is 5.99. The summed E-state index contributed by atoms with van der Waals surface area (Å²) < 4.78 is 5.56. The van der Waals surface area contributed by atoms with Crippen molar-refractivity contribution in [3.8, 4) is 0 Å². The first-order chi connectivity index (χ1) is 11.1. The predicted molar refractivity (Wildman–Crippen MR) is 93.1 cm³/mol. The molecule has 23 heavy (non-hydrogen) atoms. The number of benzene rings is 2. The van der Waals surface area contributed by atoms with Gasteiger partial charge >= 0.3 is 0 Å². The molecule has 0 saturated carbocycles. The molecule has 0 atom stereocenters. The Balaban J connectivity index is 1.71. The molecular weight excluding hydrogens is 288 g/mol. The van der Waals surface area contributed by atoms with Crippen LogP contribution >= 0.6 is 0 Å². The lowest BCUT2D eigenvalue weighted by Gasteiger charge is -2.09. The minimum absolute atomic E-state index is 0.0268. The van der Waals surface area contributed by atoms with E-state index in [-0.39, 0.29) is 18.6 Å². The molecule has 122 valence electrons. The van der Waals surface area contributed by atoms with Crippen LogP contribution in [0.25, 0.3) is 0 Å². The van der Waals surface area contributed by atoms with Crippen molar-refractivity contribution in [2.45, 2.75) is 33.1 Å². The SMILES string of the molecule is CC(C)OCc1ccc(CNC(=O)CNc2ccccc2)cc1.